The molecule has 0 aliphatic heterocycles. The summed E-state index contributed by atoms with van der Waals surface area (Å²) in [5.41, 5.74) is 2.33. The second-order valence-corrected chi connectivity index (χ2v) is 4.50. The highest BCUT2D eigenvalue weighted by molar-refractivity contribution is 5.84. The van der Waals surface area contributed by atoms with Gasteiger partial charge >= 0.3 is 0 Å². The van der Waals surface area contributed by atoms with Crippen LogP contribution in [0.5, 0.6) is 0 Å². The molecule has 1 heterocycles. The van der Waals surface area contributed by atoms with Gasteiger partial charge in [-0.25, -0.2) is 4.39 Å². The zero-order chi connectivity index (χ0) is 12.4. The molecule has 92 valence electrons. The van der Waals surface area contributed by atoms with Crippen LogP contribution in [-0.4, -0.2) is 17.7 Å². The third-order valence-electron chi connectivity index (χ3n) is 3.29. The smallest absolute Gasteiger partial charge is 0.123 e. The van der Waals surface area contributed by atoms with Gasteiger partial charge < -0.3 is 9.88 Å². The summed E-state index contributed by atoms with van der Waals surface area (Å²) in [7, 11) is 1.95. The number of hydrogen-bond acceptors (Lipinski definition) is 1. The Morgan fingerprint density at radius 3 is 2.82 bits per heavy atom. The molecule has 1 unspecified atom stereocenters. The number of nitrogens with zero attached hydrogens (tertiary/aromatic N) is 1. The van der Waals surface area contributed by atoms with Crippen LogP contribution in [0, 0.1) is 5.82 Å². The maximum atomic E-state index is 13.3. The molecule has 0 saturated carbocycles. The van der Waals surface area contributed by atoms with Gasteiger partial charge in [-0.1, -0.05) is 0 Å². The molecule has 3 heteroatoms. The zero-order valence-corrected chi connectivity index (χ0v) is 10.6. The highest BCUT2D eigenvalue weighted by Crippen LogP contribution is 2.23. The van der Waals surface area contributed by atoms with Crippen LogP contribution in [0.3, 0.4) is 0 Å². The first-order chi connectivity index (χ1) is 8.15. The van der Waals surface area contributed by atoms with E-state index in [9.17, 15) is 4.39 Å². The molecule has 2 nitrogen and oxygen atoms in total. The van der Waals surface area contributed by atoms with E-state index in [0.29, 0.717) is 6.04 Å². The molecule has 0 aliphatic carbocycles. The van der Waals surface area contributed by atoms with Gasteiger partial charge in [-0.15, -0.1) is 0 Å². The lowest BCUT2D eigenvalue weighted by molar-refractivity contribution is 0.608. The van der Waals surface area contributed by atoms with Crippen LogP contribution >= 0.6 is 0 Å². The van der Waals surface area contributed by atoms with Crippen molar-refractivity contribution in [2.45, 2.75) is 32.9 Å². The average Bonchev–Trinajstić information content (AvgIpc) is 2.66. The molecule has 1 aromatic carbocycles. The van der Waals surface area contributed by atoms with Crippen LogP contribution in [0.1, 0.15) is 19.4 Å². The molecule has 0 spiro atoms. The lowest BCUT2D eigenvalue weighted by atomic mass is 10.1. The Hall–Kier alpha value is -1.35. The largest absolute Gasteiger partial charge is 0.347 e. The number of hydrogen-bond donors (Lipinski definition) is 1. The van der Waals surface area contributed by atoms with Crippen LogP contribution in [0.25, 0.3) is 10.9 Å². The molecule has 0 fully saturated rings. The van der Waals surface area contributed by atoms with Gasteiger partial charge in [-0.05, 0) is 51.1 Å². The van der Waals surface area contributed by atoms with E-state index in [1.54, 1.807) is 6.07 Å². The standard InChI is InChI=1S/C14H19FN2/c1-4-17-9-11(7-10(2)16-3)13-8-12(15)5-6-14(13)17/h5-6,8-10,16H,4,7H2,1-3H3. The maximum absolute atomic E-state index is 13.3. The number of nitrogens with one attached hydrogen (secondary N) is 1. The summed E-state index contributed by atoms with van der Waals surface area (Å²) in [5, 5.41) is 4.25. The number of benzene rings is 1. The summed E-state index contributed by atoms with van der Waals surface area (Å²) in [6.07, 6.45) is 3.06. The van der Waals surface area contributed by atoms with Gasteiger partial charge in [-0.3, -0.25) is 0 Å². The fourth-order valence-electron chi connectivity index (χ4n) is 2.20. The minimum Gasteiger partial charge on any atom is -0.347 e. The SMILES string of the molecule is CCn1cc(CC(C)NC)c2cc(F)ccc21. The fourth-order valence-corrected chi connectivity index (χ4v) is 2.20. The molecule has 2 rings (SSSR count). The van der Waals surface area contributed by atoms with Gasteiger partial charge in [0.05, 0.1) is 0 Å². The molecule has 0 saturated heterocycles. The molecular formula is C14H19FN2. The predicted molar refractivity (Wildman–Crippen MR) is 69.8 cm³/mol. The van der Waals surface area contributed by atoms with E-state index < -0.39 is 0 Å². The number of aromatic nitrogens is 1. The van der Waals surface area contributed by atoms with Crippen molar-refractivity contribution in [3.8, 4) is 0 Å². The Balaban J connectivity index is 2.50. The maximum Gasteiger partial charge on any atom is 0.123 e. The van der Waals surface area contributed by atoms with Crippen molar-refractivity contribution in [3.63, 3.8) is 0 Å². The normalized spacial score (nSPS) is 13.2. The number of fused-ring (bicyclic) bond motifs is 1. The lowest BCUT2D eigenvalue weighted by Gasteiger charge is -2.08. The Kier molecular flexibility index (Phi) is 3.48. The molecule has 2 aromatic rings. The van der Waals surface area contributed by atoms with Gasteiger partial charge in [0.1, 0.15) is 5.82 Å². The summed E-state index contributed by atoms with van der Waals surface area (Å²) in [5.74, 6) is -0.162. The van der Waals surface area contributed by atoms with Gasteiger partial charge in [0.25, 0.3) is 0 Å². The van der Waals surface area contributed by atoms with E-state index >= 15 is 0 Å². The van der Waals surface area contributed by atoms with Crippen LogP contribution in [-0.2, 0) is 13.0 Å². The molecular weight excluding hydrogens is 215 g/mol. The Morgan fingerprint density at radius 1 is 1.41 bits per heavy atom. The van der Waals surface area contributed by atoms with Gasteiger partial charge in [0.15, 0.2) is 0 Å². The zero-order valence-electron chi connectivity index (χ0n) is 10.6. The Labute approximate surface area is 101 Å². The van der Waals surface area contributed by atoms with Crippen LogP contribution in [0.4, 0.5) is 4.39 Å². The summed E-state index contributed by atoms with van der Waals surface area (Å²) in [4.78, 5) is 0. The molecule has 1 N–H and O–H groups in total. The minimum atomic E-state index is -0.162. The van der Waals surface area contributed by atoms with Gasteiger partial charge in [0, 0.05) is 29.7 Å². The number of halogens is 1. The molecule has 0 bridgehead atoms. The first kappa shape index (κ1) is 12.1. The summed E-state index contributed by atoms with van der Waals surface area (Å²) in [6.45, 7) is 5.15. The summed E-state index contributed by atoms with van der Waals surface area (Å²) < 4.78 is 15.5. The first-order valence-electron chi connectivity index (χ1n) is 6.10. The van der Waals surface area contributed by atoms with Crippen molar-refractivity contribution in [2.75, 3.05) is 7.05 Å². The molecule has 1 atom stereocenters. The Bertz CT molecular complexity index is 516. The van der Waals surface area contributed by atoms with Crippen molar-refractivity contribution in [3.05, 3.63) is 35.8 Å². The lowest BCUT2D eigenvalue weighted by Crippen LogP contribution is -2.23. The monoisotopic (exact) mass is 234 g/mol. The Morgan fingerprint density at radius 2 is 2.18 bits per heavy atom. The van der Waals surface area contributed by atoms with Gasteiger partial charge in [0.2, 0.25) is 0 Å². The summed E-state index contributed by atoms with van der Waals surface area (Å²) >= 11 is 0. The molecule has 17 heavy (non-hydrogen) atoms. The number of aryl methyl sites for hydroxylation is 1. The van der Waals surface area contributed by atoms with Gasteiger partial charge in [-0.2, -0.15) is 0 Å². The second-order valence-electron chi connectivity index (χ2n) is 4.50. The van der Waals surface area contributed by atoms with E-state index in [4.69, 9.17) is 0 Å². The van der Waals surface area contributed by atoms with Crippen molar-refractivity contribution in [1.82, 2.24) is 9.88 Å². The van der Waals surface area contributed by atoms with E-state index in [1.807, 2.05) is 13.1 Å². The van der Waals surface area contributed by atoms with Crippen LogP contribution < -0.4 is 5.32 Å². The third kappa shape index (κ3) is 2.34. The molecule has 0 amide bonds. The molecule has 1 aromatic heterocycles. The van der Waals surface area contributed by atoms with E-state index in [2.05, 4.69) is 29.9 Å². The van der Waals surface area contributed by atoms with Crippen molar-refractivity contribution >= 4 is 10.9 Å². The predicted octanol–water partition coefficient (Wildman–Crippen LogP) is 2.95. The van der Waals surface area contributed by atoms with Crippen molar-refractivity contribution < 1.29 is 4.39 Å². The third-order valence-corrected chi connectivity index (χ3v) is 3.29. The van der Waals surface area contributed by atoms with Crippen molar-refractivity contribution in [2.24, 2.45) is 0 Å². The highest BCUT2D eigenvalue weighted by atomic mass is 19.1. The second kappa shape index (κ2) is 4.88. The minimum absolute atomic E-state index is 0.162. The molecule has 0 aliphatic rings. The average molecular weight is 234 g/mol. The number of likely N-dealkylation sites (N-methyl/N-ethyl adjacent to an activating group) is 1. The first-order valence-corrected chi connectivity index (χ1v) is 6.10. The fraction of sp³-hybridized carbons (Fsp3) is 0.429. The summed E-state index contributed by atoms with van der Waals surface area (Å²) in [6, 6.07) is 5.43. The van der Waals surface area contributed by atoms with Crippen molar-refractivity contribution in [1.29, 1.82) is 0 Å². The van der Waals surface area contributed by atoms with Crippen LogP contribution in [0.15, 0.2) is 24.4 Å². The van der Waals surface area contributed by atoms with E-state index in [1.165, 1.54) is 11.6 Å². The topological polar surface area (TPSA) is 17.0 Å². The molecule has 0 radical (unpaired) electrons. The highest BCUT2D eigenvalue weighted by Gasteiger charge is 2.10. The van der Waals surface area contributed by atoms with E-state index in [0.717, 1.165) is 23.9 Å². The van der Waals surface area contributed by atoms with E-state index in [-0.39, 0.29) is 5.82 Å². The van der Waals surface area contributed by atoms with Crippen LogP contribution in [0.2, 0.25) is 0 Å². The number of rotatable bonds is 4. The quantitative estimate of drug-likeness (QED) is 0.860.